The van der Waals surface area contributed by atoms with Crippen LogP contribution in [0.3, 0.4) is 0 Å². The molecular weight excluding hydrogens is 245 g/mol. The summed E-state index contributed by atoms with van der Waals surface area (Å²) in [5.74, 6) is -0.259. The van der Waals surface area contributed by atoms with Crippen molar-refractivity contribution in [3.63, 3.8) is 0 Å². The molecule has 1 N–H and O–H groups in total. The molecule has 0 radical (unpaired) electrons. The maximum absolute atomic E-state index is 11.9. The summed E-state index contributed by atoms with van der Waals surface area (Å²) >= 11 is 11.8. The number of benzene rings is 1. The molecule has 0 aromatic heterocycles. The molecule has 4 heteroatoms. The summed E-state index contributed by atoms with van der Waals surface area (Å²) in [6, 6.07) is 4.99. The van der Waals surface area contributed by atoms with E-state index in [-0.39, 0.29) is 11.9 Å². The second-order valence-electron chi connectivity index (χ2n) is 3.50. The first-order chi connectivity index (χ1) is 7.56. The molecule has 16 heavy (non-hydrogen) atoms. The number of halogens is 2. The monoisotopic (exact) mass is 257 g/mol. The van der Waals surface area contributed by atoms with Crippen LogP contribution in [-0.4, -0.2) is 11.9 Å². The van der Waals surface area contributed by atoms with Crippen molar-refractivity contribution in [1.29, 1.82) is 0 Å². The Balaban J connectivity index is 2.84. The van der Waals surface area contributed by atoms with Crippen LogP contribution in [0, 0.1) is 0 Å². The van der Waals surface area contributed by atoms with Gasteiger partial charge in [-0.25, -0.2) is 0 Å². The molecule has 2 nitrogen and oxygen atoms in total. The summed E-state index contributed by atoms with van der Waals surface area (Å²) in [6.45, 7) is 5.51. The van der Waals surface area contributed by atoms with Crippen molar-refractivity contribution in [2.75, 3.05) is 0 Å². The minimum absolute atomic E-state index is 0.0114. The van der Waals surface area contributed by atoms with Gasteiger partial charge in [0.25, 0.3) is 5.91 Å². The molecule has 0 heterocycles. The van der Waals surface area contributed by atoms with Crippen LogP contribution in [0.25, 0.3) is 0 Å². The van der Waals surface area contributed by atoms with Gasteiger partial charge in [0, 0.05) is 6.04 Å². The first kappa shape index (κ1) is 13.1. The minimum atomic E-state index is -0.259. The molecule has 0 saturated carbocycles. The summed E-state index contributed by atoms with van der Waals surface area (Å²) in [4.78, 5) is 11.9. The summed E-state index contributed by atoms with van der Waals surface area (Å²) < 4.78 is 0. The Hall–Kier alpha value is -0.990. The van der Waals surface area contributed by atoms with E-state index in [1.807, 2.05) is 6.92 Å². The van der Waals surface area contributed by atoms with Crippen molar-refractivity contribution in [3.05, 3.63) is 46.5 Å². The molecule has 1 aromatic carbocycles. The Kier molecular flexibility index (Phi) is 4.84. The third-order valence-corrected chi connectivity index (χ3v) is 2.72. The molecule has 0 aliphatic heterocycles. The molecule has 0 fully saturated rings. The fraction of sp³-hybridized carbons (Fsp3) is 0.250. The topological polar surface area (TPSA) is 29.1 Å². The van der Waals surface area contributed by atoms with E-state index in [2.05, 4.69) is 11.9 Å². The molecule has 0 spiro atoms. The van der Waals surface area contributed by atoms with Gasteiger partial charge in [0.15, 0.2) is 0 Å². The van der Waals surface area contributed by atoms with E-state index in [0.717, 1.165) is 0 Å². The van der Waals surface area contributed by atoms with Crippen molar-refractivity contribution < 1.29 is 4.79 Å². The first-order valence-corrected chi connectivity index (χ1v) is 5.67. The predicted octanol–water partition coefficient (Wildman–Crippen LogP) is 3.69. The quantitative estimate of drug-likeness (QED) is 0.820. The zero-order chi connectivity index (χ0) is 12.1. The lowest BCUT2D eigenvalue weighted by atomic mass is 10.1. The predicted molar refractivity (Wildman–Crippen MR) is 68.2 cm³/mol. The molecule has 0 saturated heterocycles. The molecule has 0 bridgehead atoms. The van der Waals surface area contributed by atoms with Crippen LogP contribution in [0.5, 0.6) is 0 Å². The number of amides is 1. The Morgan fingerprint density at radius 2 is 2.06 bits per heavy atom. The van der Waals surface area contributed by atoms with Crippen LogP contribution >= 0.6 is 23.2 Å². The van der Waals surface area contributed by atoms with Gasteiger partial charge in [0.2, 0.25) is 0 Å². The summed E-state index contributed by atoms with van der Waals surface area (Å²) in [7, 11) is 0. The van der Waals surface area contributed by atoms with Gasteiger partial charge in [0.05, 0.1) is 15.6 Å². The van der Waals surface area contributed by atoms with Crippen LogP contribution < -0.4 is 5.32 Å². The summed E-state index contributed by atoms with van der Waals surface area (Å²) in [5, 5.41) is 3.51. The normalized spacial score (nSPS) is 11.9. The highest BCUT2D eigenvalue weighted by molar-refractivity contribution is 6.39. The average Bonchev–Trinajstić information content (AvgIpc) is 2.17. The van der Waals surface area contributed by atoms with Crippen LogP contribution in [-0.2, 0) is 0 Å². The second-order valence-corrected chi connectivity index (χ2v) is 4.31. The molecule has 0 aliphatic carbocycles. The largest absolute Gasteiger partial charge is 0.349 e. The number of carbonyl (C=O) groups is 1. The Morgan fingerprint density at radius 3 is 2.56 bits per heavy atom. The van der Waals surface area contributed by atoms with E-state index in [9.17, 15) is 4.79 Å². The fourth-order valence-corrected chi connectivity index (χ4v) is 1.89. The van der Waals surface area contributed by atoms with E-state index in [0.29, 0.717) is 22.0 Å². The zero-order valence-corrected chi connectivity index (χ0v) is 10.5. The molecule has 1 rings (SSSR count). The fourth-order valence-electron chi connectivity index (χ4n) is 1.32. The highest BCUT2D eigenvalue weighted by atomic mass is 35.5. The number of hydrogen-bond donors (Lipinski definition) is 1. The van der Waals surface area contributed by atoms with Crippen molar-refractivity contribution >= 4 is 29.1 Å². The third-order valence-electron chi connectivity index (χ3n) is 2.09. The summed E-state index contributed by atoms with van der Waals surface area (Å²) in [6.07, 6.45) is 2.45. The zero-order valence-electron chi connectivity index (χ0n) is 8.97. The van der Waals surface area contributed by atoms with Crippen molar-refractivity contribution in [1.82, 2.24) is 5.32 Å². The maximum atomic E-state index is 11.9. The molecule has 1 atom stereocenters. The lowest BCUT2D eigenvalue weighted by Gasteiger charge is -2.13. The van der Waals surface area contributed by atoms with Gasteiger partial charge in [-0.05, 0) is 25.5 Å². The lowest BCUT2D eigenvalue weighted by Crippen LogP contribution is -2.32. The highest BCUT2D eigenvalue weighted by Crippen LogP contribution is 2.24. The Morgan fingerprint density at radius 1 is 1.50 bits per heavy atom. The van der Waals surface area contributed by atoms with Gasteiger partial charge in [-0.15, -0.1) is 6.58 Å². The van der Waals surface area contributed by atoms with E-state index >= 15 is 0 Å². The van der Waals surface area contributed by atoms with E-state index in [4.69, 9.17) is 23.2 Å². The molecular formula is C12H13Cl2NO. The lowest BCUT2D eigenvalue weighted by molar-refractivity contribution is 0.0941. The maximum Gasteiger partial charge on any atom is 0.254 e. The van der Waals surface area contributed by atoms with Gasteiger partial charge in [-0.3, -0.25) is 4.79 Å². The van der Waals surface area contributed by atoms with Gasteiger partial charge in [-0.2, -0.15) is 0 Å². The Labute approximate surface area is 105 Å². The van der Waals surface area contributed by atoms with E-state index < -0.39 is 0 Å². The highest BCUT2D eigenvalue weighted by Gasteiger charge is 2.15. The smallest absolute Gasteiger partial charge is 0.254 e. The van der Waals surface area contributed by atoms with Crippen LogP contribution in [0.4, 0.5) is 0 Å². The average molecular weight is 258 g/mol. The van der Waals surface area contributed by atoms with Crippen LogP contribution in [0.2, 0.25) is 10.0 Å². The van der Waals surface area contributed by atoms with Crippen molar-refractivity contribution in [2.45, 2.75) is 19.4 Å². The summed E-state index contributed by atoms with van der Waals surface area (Å²) in [5.41, 5.74) is 0.321. The third kappa shape index (κ3) is 3.26. The number of rotatable bonds is 4. The van der Waals surface area contributed by atoms with Gasteiger partial charge < -0.3 is 5.32 Å². The van der Waals surface area contributed by atoms with Gasteiger partial charge >= 0.3 is 0 Å². The van der Waals surface area contributed by atoms with Crippen molar-refractivity contribution in [2.24, 2.45) is 0 Å². The van der Waals surface area contributed by atoms with Crippen molar-refractivity contribution in [3.8, 4) is 0 Å². The molecule has 1 aromatic rings. The number of nitrogens with one attached hydrogen (secondary N) is 1. The molecule has 1 amide bonds. The molecule has 0 unspecified atom stereocenters. The molecule has 0 aliphatic rings. The van der Waals surface area contributed by atoms with E-state index in [1.54, 1.807) is 24.3 Å². The Bertz CT molecular complexity index is 384. The number of hydrogen-bond acceptors (Lipinski definition) is 1. The SMILES string of the molecule is C=CC[C@H](C)NC(=O)c1c(Cl)cccc1Cl. The van der Waals surface area contributed by atoms with Crippen LogP contribution in [0.15, 0.2) is 30.9 Å². The first-order valence-electron chi connectivity index (χ1n) is 4.92. The molecule has 86 valence electrons. The van der Waals surface area contributed by atoms with E-state index in [1.165, 1.54) is 0 Å². The minimum Gasteiger partial charge on any atom is -0.349 e. The second kappa shape index (κ2) is 5.92. The number of carbonyl (C=O) groups excluding carboxylic acids is 1. The van der Waals surface area contributed by atoms with Gasteiger partial charge in [0.1, 0.15) is 0 Å². The van der Waals surface area contributed by atoms with Crippen LogP contribution in [0.1, 0.15) is 23.7 Å². The van der Waals surface area contributed by atoms with Gasteiger partial charge in [-0.1, -0.05) is 35.3 Å². The standard InChI is InChI=1S/C12H13Cl2NO/c1-3-5-8(2)15-12(16)11-9(13)6-4-7-10(11)14/h3-4,6-8H,1,5H2,2H3,(H,15,16)/t8-/m0/s1.